The van der Waals surface area contributed by atoms with E-state index in [0.29, 0.717) is 12.1 Å². The van der Waals surface area contributed by atoms with Gasteiger partial charge >= 0.3 is 12.4 Å². The van der Waals surface area contributed by atoms with Gasteiger partial charge in [0, 0.05) is 10.0 Å². The molecule has 0 heterocycles. The van der Waals surface area contributed by atoms with Crippen molar-refractivity contribution in [3.8, 4) is 0 Å². The van der Waals surface area contributed by atoms with E-state index in [2.05, 4.69) is 15.9 Å². The number of rotatable bonds is 2. The molecule has 0 saturated heterocycles. The van der Waals surface area contributed by atoms with E-state index in [-0.39, 0.29) is 5.56 Å². The quantitative estimate of drug-likeness (QED) is 0.593. The monoisotopic (exact) mass is 429 g/mol. The van der Waals surface area contributed by atoms with Crippen LogP contribution < -0.4 is 5.32 Å². The molecule has 25 heavy (non-hydrogen) atoms. The third-order valence-electron chi connectivity index (χ3n) is 3.10. The summed E-state index contributed by atoms with van der Waals surface area (Å²) in [6.07, 6.45) is -9.60. The summed E-state index contributed by atoms with van der Waals surface area (Å²) in [7, 11) is 0. The van der Waals surface area contributed by atoms with E-state index in [1.165, 1.54) is 0 Å². The normalized spacial score (nSPS) is 12.2. The molecule has 2 aromatic carbocycles. The van der Waals surface area contributed by atoms with Gasteiger partial charge in [0.15, 0.2) is 5.82 Å². The molecule has 0 bridgehead atoms. The highest BCUT2D eigenvalue weighted by molar-refractivity contribution is 9.10. The zero-order valence-electron chi connectivity index (χ0n) is 11.9. The Kier molecular flexibility index (Phi) is 5.12. The Bertz CT molecular complexity index is 797. The lowest BCUT2D eigenvalue weighted by atomic mass is 10.1. The van der Waals surface area contributed by atoms with Crippen LogP contribution in [0.1, 0.15) is 21.5 Å². The van der Waals surface area contributed by atoms with Crippen molar-refractivity contribution in [2.24, 2.45) is 0 Å². The molecule has 0 atom stereocenters. The molecule has 134 valence electrons. The van der Waals surface area contributed by atoms with E-state index in [0.717, 1.165) is 24.3 Å². The van der Waals surface area contributed by atoms with Crippen LogP contribution >= 0.6 is 15.9 Å². The van der Waals surface area contributed by atoms with Gasteiger partial charge in [-0.15, -0.1) is 0 Å². The second-order valence-corrected chi connectivity index (χ2v) is 5.67. The van der Waals surface area contributed by atoms with Gasteiger partial charge in [-0.3, -0.25) is 4.79 Å². The average molecular weight is 430 g/mol. The number of halogens is 8. The van der Waals surface area contributed by atoms with Crippen LogP contribution in [-0.2, 0) is 12.4 Å². The van der Waals surface area contributed by atoms with Crippen LogP contribution in [0.4, 0.5) is 36.4 Å². The van der Waals surface area contributed by atoms with Crippen molar-refractivity contribution in [1.29, 1.82) is 0 Å². The highest BCUT2D eigenvalue weighted by atomic mass is 79.9. The number of carbonyl (C=O) groups excluding carboxylic acids is 1. The summed E-state index contributed by atoms with van der Waals surface area (Å²) < 4.78 is 89.3. The second-order valence-electron chi connectivity index (χ2n) is 4.81. The fraction of sp³-hybridized carbons (Fsp3) is 0.133. The molecule has 1 N–H and O–H groups in total. The van der Waals surface area contributed by atoms with Gasteiger partial charge in [-0.2, -0.15) is 26.3 Å². The Morgan fingerprint density at radius 1 is 0.880 bits per heavy atom. The van der Waals surface area contributed by atoms with Gasteiger partial charge in [0.2, 0.25) is 0 Å². The smallest absolute Gasteiger partial charge is 0.319 e. The van der Waals surface area contributed by atoms with Crippen LogP contribution in [0.15, 0.2) is 40.9 Å². The molecule has 2 rings (SSSR count). The molecule has 0 aliphatic carbocycles. The Morgan fingerprint density at radius 3 is 1.92 bits per heavy atom. The van der Waals surface area contributed by atoms with E-state index in [4.69, 9.17) is 0 Å². The molecule has 0 spiro atoms. The number of amides is 1. The van der Waals surface area contributed by atoms with Gasteiger partial charge in [0.25, 0.3) is 5.91 Å². The summed E-state index contributed by atoms with van der Waals surface area (Å²) in [6.45, 7) is 0. The molecule has 0 unspecified atom stereocenters. The van der Waals surface area contributed by atoms with E-state index in [1.54, 1.807) is 0 Å². The summed E-state index contributed by atoms with van der Waals surface area (Å²) in [5.74, 6) is -2.76. The number of benzene rings is 2. The molecule has 2 aromatic rings. The number of alkyl halides is 6. The molecule has 10 heteroatoms. The first kappa shape index (κ1) is 19.2. The zero-order valence-corrected chi connectivity index (χ0v) is 13.5. The molecule has 0 aromatic heterocycles. The minimum Gasteiger partial charge on any atom is -0.319 e. The van der Waals surface area contributed by atoms with E-state index in [9.17, 15) is 35.5 Å². The van der Waals surface area contributed by atoms with Crippen molar-refractivity contribution in [3.63, 3.8) is 0 Å². The first-order chi connectivity index (χ1) is 11.4. The van der Waals surface area contributed by atoms with Crippen LogP contribution in [0.5, 0.6) is 0 Å². The Hall–Kier alpha value is -2.10. The predicted octanol–water partition coefficient (Wildman–Crippen LogP) is 5.88. The lowest BCUT2D eigenvalue weighted by Crippen LogP contribution is -2.16. The van der Waals surface area contributed by atoms with Crippen molar-refractivity contribution in [1.82, 2.24) is 0 Å². The van der Waals surface area contributed by atoms with Gasteiger partial charge in [-0.1, -0.05) is 15.9 Å². The fourth-order valence-corrected chi connectivity index (χ4v) is 2.44. The molecule has 2 nitrogen and oxygen atoms in total. The summed E-state index contributed by atoms with van der Waals surface area (Å²) in [6, 6.07) is 4.73. The lowest BCUT2D eigenvalue weighted by Gasteiger charge is -2.14. The molecule has 0 saturated carbocycles. The van der Waals surface area contributed by atoms with Gasteiger partial charge in [0.1, 0.15) is 5.56 Å². The molecule has 1 amide bonds. The van der Waals surface area contributed by atoms with E-state index < -0.39 is 45.4 Å². The molecule has 0 fully saturated rings. The zero-order chi connectivity index (χ0) is 19.0. The summed E-state index contributed by atoms with van der Waals surface area (Å²) >= 11 is 2.58. The average Bonchev–Trinajstić information content (AvgIpc) is 2.48. The summed E-state index contributed by atoms with van der Waals surface area (Å²) in [5.41, 5.74) is -3.62. The molecule has 0 aliphatic rings. The fourth-order valence-electron chi connectivity index (χ4n) is 1.91. The minimum atomic E-state index is -5.00. The van der Waals surface area contributed by atoms with Crippen molar-refractivity contribution < 1.29 is 35.5 Å². The Balaban J connectivity index is 2.30. The molecular weight excluding hydrogens is 423 g/mol. The molecule has 0 aliphatic heterocycles. The van der Waals surface area contributed by atoms with Crippen LogP contribution in [0.2, 0.25) is 0 Å². The maximum absolute atomic E-state index is 14.0. The summed E-state index contributed by atoms with van der Waals surface area (Å²) in [5, 5.41) is 1.91. The number of anilines is 1. The van der Waals surface area contributed by atoms with Gasteiger partial charge < -0.3 is 5.32 Å². The third-order valence-corrected chi connectivity index (χ3v) is 3.76. The highest BCUT2D eigenvalue weighted by Crippen LogP contribution is 2.39. The minimum absolute atomic E-state index is 0.274. The van der Waals surface area contributed by atoms with Gasteiger partial charge in [0.05, 0.1) is 11.3 Å². The largest absolute Gasteiger partial charge is 0.420 e. The van der Waals surface area contributed by atoms with Crippen LogP contribution in [0.25, 0.3) is 0 Å². The lowest BCUT2D eigenvalue weighted by molar-refractivity contribution is -0.140. The van der Waals surface area contributed by atoms with E-state index in [1.807, 2.05) is 5.32 Å². The molecule has 0 radical (unpaired) electrons. The first-order valence-corrected chi connectivity index (χ1v) is 7.24. The number of hydrogen-bond acceptors (Lipinski definition) is 1. The van der Waals surface area contributed by atoms with Gasteiger partial charge in [-0.25, -0.2) is 4.39 Å². The van der Waals surface area contributed by atoms with Crippen molar-refractivity contribution in [3.05, 3.63) is 63.4 Å². The van der Waals surface area contributed by atoms with Crippen LogP contribution in [0.3, 0.4) is 0 Å². The predicted molar refractivity (Wildman–Crippen MR) is 78.5 cm³/mol. The maximum atomic E-state index is 14.0. The second kappa shape index (κ2) is 6.66. The number of hydrogen-bond donors (Lipinski definition) is 1. The van der Waals surface area contributed by atoms with Crippen molar-refractivity contribution in [2.75, 3.05) is 5.32 Å². The first-order valence-electron chi connectivity index (χ1n) is 6.45. The highest BCUT2D eigenvalue weighted by Gasteiger charge is 2.38. The Morgan fingerprint density at radius 2 is 1.44 bits per heavy atom. The topological polar surface area (TPSA) is 29.1 Å². The number of nitrogens with one attached hydrogen (secondary N) is 1. The van der Waals surface area contributed by atoms with E-state index >= 15 is 0 Å². The van der Waals surface area contributed by atoms with Crippen molar-refractivity contribution >= 4 is 27.5 Å². The third kappa shape index (κ3) is 4.30. The standard InChI is InChI=1S/C15H7BrF7NO/c16-9-5-6-10(12(17)11(9)15(21,22)23)24-13(25)7-1-3-8(4-2-7)14(18,19)20/h1-6H,(H,24,25). The maximum Gasteiger partial charge on any atom is 0.420 e. The van der Waals surface area contributed by atoms with Gasteiger partial charge in [-0.05, 0) is 36.4 Å². The van der Waals surface area contributed by atoms with Crippen LogP contribution in [0, 0.1) is 5.82 Å². The molecular formula is C15H7BrF7NO. The van der Waals surface area contributed by atoms with Crippen molar-refractivity contribution in [2.45, 2.75) is 12.4 Å². The number of carbonyl (C=O) groups is 1. The Labute approximate surface area is 144 Å². The SMILES string of the molecule is O=C(Nc1ccc(Br)c(C(F)(F)F)c1F)c1ccc(C(F)(F)F)cc1. The summed E-state index contributed by atoms with van der Waals surface area (Å²) in [4.78, 5) is 11.9. The van der Waals surface area contributed by atoms with Crippen LogP contribution in [-0.4, -0.2) is 5.91 Å².